The van der Waals surface area contributed by atoms with Crippen LogP contribution in [0.15, 0.2) is 89.9 Å². The van der Waals surface area contributed by atoms with Crippen molar-refractivity contribution in [1.29, 1.82) is 0 Å². The van der Waals surface area contributed by atoms with Gasteiger partial charge < -0.3 is 15.0 Å². The highest BCUT2D eigenvalue weighted by molar-refractivity contribution is 6.00. The van der Waals surface area contributed by atoms with Gasteiger partial charge in [-0.15, -0.1) is 0 Å². The van der Waals surface area contributed by atoms with Gasteiger partial charge in [0.05, 0.1) is 0 Å². The summed E-state index contributed by atoms with van der Waals surface area (Å²) in [6.45, 7) is 2.21. The third-order valence-electron chi connectivity index (χ3n) is 4.99. The molecule has 5 nitrogen and oxygen atoms in total. The number of nitrogens with one attached hydrogen (secondary N) is 1. The van der Waals surface area contributed by atoms with Gasteiger partial charge in [0.15, 0.2) is 0 Å². The van der Waals surface area contributed by atoms with Crippen LogP contribution in [0.25, 0.3) is 0 Å². The first-order valence-corrected chi connectivity index (χ1v) is 10.2. The number of carbonyl (C=O) groups excluding carboxylic acids is 1. The predicted molar refractivity (Wildman–Crippen MR) is 120 cm³/mol. The lowest BCUT2D eigenvalue weighted by atomic mass is 10.2. The molecule has 4 rings (SSSR count). The number of amidine groups is 1. The molecule has 1 saturated heterocycles. The number of urea groups is 1. The molecule has 3 aromatic rings. The maximum absolute atomic E-state index is 12.4. The van der Waals surface area contributed by atoms with Gasteiger partial charge in [0.2, 0.25) is 0 Å². The number of nitrogens with zero attached hydrogens (tertiary/aromatic N) is 2. The van der Waals surface area contributed by atoms with Crippen molar-refractivity contribution in [2.45, 2.75) is 26.0 Å². The Morgan fingerprint density at radius 1 is 0.900 bits per heavy atom. The van der Waals surface area contributed by atoms with E-state index < -0.39 is 0 Å². The summed E-state index contributed by atoms with van der Waals surface area (Å²) in [5.41, 5.74) is 3.03. The van der Waals surface area contributed by atoms with Crippen molar-refractivity contribution in [3.63, 3.8) is 0 Å². The van der Waals surface area contributed by atoms with Crippen molar-refractivity contribution < 1.29 is 9.53 Å². The molecule has 0 bridgehead atoms. The molecule has 1 fully saturated rings. The van der Waals surface area contributed by atoms with E-state index in [0.717, 1.165) is 43.1 Å². The Bertz CT molecular complexity index is 986. The second-order valence-corrected chi connectivity index (χ2v) is 7.27. The zero-order valence-corrected chi connectivity index (χ0v) is 16.8. The Labute approximate surface area is 177 Å². The van der Waals surface area contributed by atoms with Crippen LogP contribution in [0.4, 0.5) is 10.5 Å². The summed E-state index contributed by atoms with van der Waals surface area (Å²) in [7, 11) is 0. The third kappa shape index (κ3) is 5.47. The largest absolute Gasteiger partial charge is 0.489 e. The highest BCUT2D eigenvalue weighted by Crippen LogP contribution is 2.19. The summed E-state index contributed by atoms with van der Waals surface area (Å²) >= 11 is 0. The summed E-state index contributed by atoms with van der Waals surface area (Å²) in [6, 6.07) is 27.3. The Balaban J connectivity index is 1.31. The minimum Gasteiger partial charge on any atom is -0.489 e. The van der Waals surface area contributed by atoms with Crippen LogP contribution in [0, 0.1) is 0 Å². The summed E-state index contributed by atoms with van der Waals surface area (Å²) in [5.74, 6) is 1.60. The van der Waals surface area contributed by atoms with E-state index in [9.17, 15) is 4.79 Å². The van der Waals surface area contributed by atoms with Crippen molar-refractivity contribution >= 4 is 17.6 Å². The van der Waals surface area contributed by atoms with Crippen molar-refractivity contribution in [2.75, 3.05) is 11.9 Å². The molecule has 0 aromatic heterocycles. The molecule has 5 heteroatoms. The summed E-state index contributed by atoms with van der Waals surface area (Å²) in [5, 5.41) is 2.85. The van der Waals surface area contributed by atoms with Crippen molar-refractivity contribution in [3.8, 4) is 5.75 Å². The number of benzene rings is 3. The zero-order valence-electron chi connectivity index (χ0n) is 16.8. The van der Waals surface area contributed by atoms with E-state index in [1.807, 2.05) is 72.8 Å². The van der Waals surface area contributed by atoms with Gasteiger partial charge in [-0.05, 0) is 41.8 Å². The maximum Gasteiger partial charge on any atom is 0.347 e. The predicted octanol–water partition coefficient (Wildman–Crippen LogP) is 5.49. The van der Waals surface area contributed by atoms with E-state index in [0.29, 0.717) is 12.3 Å². The Morgan fingerprint density at radius 2 is 1.57 bits per heavy atom. The average molecular weight is 399 g/mol. The number of rotatable bonds is 6. The van der Waals surface area contributed by atoms with E-state index >= 15 is 0 Å². The number of amides is 2. The van der Waals surface area contributed by atoms with Crippen LogP contribution in [-0.2, 0) is 13.2 Å². The smallest absolute Gasteiger partial charge is 0.347 e. The molecular formula is C25H25N3O2. The van der Waals surface area contributed by atoms with E-state index in [4.69, 9.17) is 4.74 Å². The topological polar surface area (TPSA) is 53.9 Å². The van der Waals surface area contributed by atoms with Crippen molar-refractivity contribution in [2.24, 2.45) is 4.99 Å². The van der Waals surface area contributed by atoms with Gasteiger partial charge in [0.25, 0.3) is 0 Å². The number of carbonyl (C=O) groups is 1. The van der Waals surface area contributed by atoms with Crippen LogP contribution in [0.5, 0.6) is 5.75 Å². The first-order chi connectivity index (χ1) is 14.8. The molecule has 1 aliphatic heterocycles. The van der Waals surface area contributed by atoms with Gasteiger partial charge in [-0.1, -0.05) is 60.7 Å². The molecule has 30 heavy (non-hydrogen) atoms. The fourth-order valence-electron chi connectivity index (χ4n) is 3.46. The lowest BCUT2D eigenvalue weighted by Crippen LogP contribution is -2.26. The van der Waals surface area contributed by atoms with Crippen LogP contribution >= 0.6 is 0 Å². The van der Waals surface area contributed by atoms with Crippen molar-refractivity contribution in [1.82, 2.24) is 4.90 Å². The standard InChI is InChI=1S/C25H25N3O2/c29-25(27-24-12-7-17-28(24)18-20-8-3-1-4-9-20)26-22-13-15-23(16-14-22)30-19-21-10-5-2-6-11-21/h1-6,8-11,13-16H,7,12,17-19H2,(H,26,29)/b27-24-. The monoisotopic (exact) mass is 399 g/mol. The van der Waals surface area contributed by atoms with Gasteiger partial charge in [-0.3, -0.25) is 0 Å². The minimum absolute atomic E-state index is 0.345. The fourth-order valence-corrected chi connectivity index (χ4v) is 3.46. The van der Waals surface area contributed by atoms with Gasteiger partial charge in [-0.25, -0.2) is 4.79 Å². The normalized spacial score (nSPS) is 14.7. The highest BCUT2D eigenvalue weighted by Gasteiger charge is 2.19. The fraction of sp³-hybridized carbons (Fsp3) is 0.200. The van der Waals surface area contributed by atoms with Gasteiger partial charge in [0, 0.05) is 25.2 Å². The molecule has 3 aromatic carbocycles. The first kappa shape index (κ1) is 19.7. The Morgan fingerprint density at radius 3 is 2.27 bits per heavy atom. The average Bonchev–Trinajstić information content (AvgIpc) is 3.21. The number of ether oxygens (including phenoxy) is 1. The molecule has 0 radical (unpaired) electrons. The summed E-state index contributed by atoms with van der Waals surface area (Å²) in [6.07, 6.45) is 1.85. The third-order valence-corrected chi connectivity index (χ3v) is 4.99. The Kier molecular flexibility index (Phi) is 6.40. The number of hydrogen-bond acceptors (Lipinski definition) is 2. The minimum atomic E-state index is -0.345. The quantitative estimate of drug-likeness (QED) is 0.596. The van der Waals surface area contributed by atoms with E-state index in [1.165, 1.54) is 5.56 Å². The van der Waals surface area contributed by atoms with Gasteiger partial charge >= 0.3 is 6.03 Å². The van der Waals surface area contributed by atoms with Crippen LogP contribution in [0.1, 0.15) is 24.0 Å². The van der Waals surface area contributed by atoms with Crippen LogP contribution in [0.3, 0.4) is 0 Å². The molecular weight excluding hydrogens is 374 g/mol. The van der Waals surface area contributed by atoms with Crippen molar-refractivity contribution in [3.05, 3.63) is 96.1 Å². The maximum atomic E-state index is 12.4. The highest BCUT2D eigenvalue weighted by atomic mass is 16.5. The number of hydrogen-bond donors (Lipinski definition) is 1. The lowest BCUT2D eigenvalue weighted by molar-refractivity contribution is 0.259. The molecule has 0 atom stereocenters. The number of likely N-dealkylation sites (tertiary alicyclic amines) is 1. The zero-order chi connectivity index (χ0) is 20.6. The number of anilines is 1. The SMILES string of the molecule is O=C(/N=C1/CCCN1Cc1ccccc1)Nc1ccc(OCc2ccccc2)cc1. The van der Waals surface area contributed by atoms with Gasteiger partial charge in [-0.2, -0.15) is 4.99 Å². The molecule has 0 unspecified atom stereocenters. The lowest BCUT2D eigenvalue weighted by Gasteiger charge is -2.18. The van der Waals surface area contributed by atoms with E-state index in [1.54, 1.807) is 0 Å². The molecule has 1 aliphatic rings. The van der Waals surface area contributed by atoms with Crippen LogP contribution < -0.4 is 10.1 Å². The second kappa shape index (κ2) is 9.74. The summed E-state index contributed by atoms with van der Waals surface area (Å²) < 4.78 is 5.78. The summed E-state index contributed by atoms with van der Waals surface area (Å²) in [4.78, 5) is 18.9. The molecule has 2 amide bonds. The first-order valence-electron chi connectivity index (χ1n) is 10.2. The molecule has 1 N–H and O–H groups in total. The molecule has 1 heterocycles. The van der Waals surface area contributed by atoms with Gasteiger partial charge in [0.1, 0.15) is 18.2 Å². The van der Waals surface area contributed by atoms with Crippen LogP contribution in [0.2, 0.25) is 0 Å². The van der Waals surface area contributed by atoms with E-state index in [-0.39, 0.29) is 6.03 Å². The molecule has 152 valence electrons. The molecule has 0 spiro atoms. The molecule has 0 aliphatic carbocycles. The molecule has 0 saturated carbocycles. The number of aliphatic imine (C=N–C) groups is 1. The second-order valence-electron chi connectivity index (χ2n) is 7.27. The Hall–Kier alpha value is -3.60. The van der Waals surface area contributed by atoms with Crippen LogP contribution in [-0.4, -0.2) is 23.3 Å². The van der Waals surface area contributed by atoms with E-state index in [2.05, 4.69) is 27.3 Å².